The molecule has 3 rings (SSSR count). The third-order valence-electron chi connectivity index (χ3n) is 3.42. The van der Waals surface area contributed by atoms with E-state index in [2.05, 4.69) is 15.1 Å². The minimum absolute atomic E-state index is 0.111. The predicted octanol–water partition coefficient (Wildman–Crippen LogP) is 0.776. The van der Waals surface area contributed by atoms with Crippen molar-refractivity contribution in [2.45, 2.75) is 13.0 Å². The van der Waals surface area contributed by atoms with E-state index in [1.807, 2.05) is 13.1 Å². The minimum atomic E-state index is -0.111. The number of nitrogens with zero attached hydrogens (tertiary/aromatic N) is 5. The molecule has 0 saturated carbocycles. The summed E-state index contributed by atoms with van der Waals surface area (Å²) in [7, 11) is 3.37. The lowest BCUT2D eigenvalue weighted by molar-refractivity contribution is 0.419. The maximum atomic E-state index is 12.6. The summed E-state index contributed by atoms with van der Waals surface area (Å²) in [5, 5.41) is 4.51. The fraction of sp³-hybridized carbons (Fsp3) is 0.286. The molecule has 7 nitrogen and oxygen atoms in total. The van der Waals surface area contributed by atoms with Gasteiger partial charge in [-0.3, -0.25) is 14.0 Å². The number of rotatable bonds is 4. The highest BCUT2D eigenvalue weighted by molar-refractivity contribution is 5.83. The fourth-order valence-electron chi connectivity index (χ4n) is 2.27. The third-order valence-corrected chi connectivity index (χ3v) is 3.42. The Kier molecular flexibility index (Phi) is 3.39. The van der Waals surface area contributed by atoms with Crippen molar-refractivity contribution in [2.75, 3.05) is 7.11 Å². The molecule has 0 amide bonds. The second-order valence-corrected chi connectivity index (χ2v) is 4.65. The summed E-state index contributed by atoms with van der Waals surface area (Å²) in [6.45, 7) is 0.492. The standard InChI is InChI=1S/C14H15N5O2/c1-18-12(15-8-17-18)6-7-19-9-16-10-4-3-5-11(21-2)13(10)14(19)20/h3-5,8-9H,6-7H2,1-2H3. The number of benzene rings is 1. The number of hydrogen-bond acceptors (Lipinski definition) is 5. The van der Waals surface area contributed by atoms with Crippen LogP contribution in [0.4, 0.5) is 0 Å². The molecule has 2 aromatic heterocycles. The van der Waals surface area contributed by atoms with Crippen LogP contribution in [0.2, 0.25) is 0 Å². The van der Waals surface area contributed by atoms with Crippen LogP contribution < -0.4 is 10.3 Å². The summed E-state index contributed by atoms with van der Waals surface area (Å²) in [6, 6.07) is 5.38. The van der Waals surface area contributed by atoms with Gasteiger partial charge in [-0.25, -0.2) is 9.97 Å². The quantitative estimate of drug-likeness (QED) is 0.708. The van der Waals surface area contributed by atoms with E-state index in [0.717, 1.165) is 5.82 Å². The van der Waals surface area contributed by atoms with Crippen molar-refractivity contribution in [1.29, 1.82) is 0 Å². The van der Waals surface area contributed by atoms with Crippen LogP contribution in [0.5, 0.6) is 5.75 Å². The van der Waals surface area contributed by atoms with Crippen molar-refractivity contribution in [3.63, 3.8) is 0 Å². The topological polar surface area (TPSA) is 74.8 Å². The molecule has 7 heteroatoms. The molecule has 108 valence electrons. The molecule has 0 aliphatic carbocycles. The van der Waals surface area contributed by atoms with E-state index in [9.17, 15) is 4.79 Å². The summed E-state index contributed by atoms with van der Waals surface area (Å²) in [5.74, 6) is 1.36. The Labute approximate surface area is 120 Å². The Morgan fingerprint density at radius 3 is 2.86 bits per heavy atom. The summed E-state index contributed by atoms with van der Waals surface area (Å²) in [5.41, 5.74) is 0.522. The van der Waals surface area contributed by atoms with Gasteiger partial charge in [0.2, 0.25) is 0 Å². The molecular formula is C14H15N5O2. The van der Waals surface area contributed by atoms with Crippen LogP contribution >= 0.6 is 0 Å². The lowest BCUT2D eigenvalue weighted by Gasteiger charge is -2.08. The zero-order valence-electron chi connectivity index (χ0n) is 11.9. The average molecular weight is 285 g/mol. The molecule has 21 heavy (non-hydrogen) atoms. The molecule has 2 heterocycles. The zero-order valence-corrected chi connectivity index (χ0v) is 11.9. The van der Waals surface area contributed by atoms with Gasteiger partial charge >= 0.3 is 0 Å². The van der Waals surface area contributed by atoms with Gasteiger partial charge in [-0.15, -0.1) is 0 Å². The second-order valence-electron chi connectivity index (χ2n) is 4.65. The Morgan fingerprint density at radius 1 is 1.29 bits per heavy atom. The lowest BCUT2D eigenvalue weighted by Crippen LogP contribution is -2.22. The van der Waals surface area contributed by atoms with Crippen LogP contribution in [0.25, 0.3) is 10.9 Å². The van der Waals surface area contributed by atoms with Crippen LogP contribution in [-0.2, 0) is 20.0 Å². The van der Waals surface area contributed by atoms with Crippen LogP contribution in [0.15, 0.2) is 35.6 Å². The van der Waals surface area contributed by atoms with Gasteiger partial charge in [0, 0.05) is 20.0 Å². The van der Waals surface area contributed by atoms with Gasteiger partial charge < -0.3 is 4.74 Å². The first-order valence-corrected chi connectivity index (χ1v) is 6.55. The zero-order chi connectivity index (χ0) is 14.8. The van der Waals surface area contributed by atoms with Gasteiger partial charge in [-0.05, 0) is 12.1 Å². The first-order chi connectivity index (χ1) is 10.2. The maximum Gasteiger partial charge on any atom is 0.264 e. The largest absolute Gasteiger partial charge is 0.496 e. The summed E-state index contributed by atoms with van der Waals surface area (Å²) in [4.78, 5) is 21.0. The number of aryl methyl sites for hydroxylation is 3. The molecule has 0 fully saturated rings. The van der Waals surface area contributed by atoms with Crippen molar-refractivity contribution >= 4 is 10.9 Å². The highest BCUT2D eigenvalue weighted by Crippen LogP contribution is 2.19. The third kappa shape index (κ3) is 2.37. The van der Waals surface area contributed by atoms with E-state index in [1.165, 1.54) is 6.33 Å². The molecule has 0 atom stereocenters. The van der Waals surface area contributed by atoms with Crippen LogP contribution in [0, 0.1) is 0 Å². The molecule has 0 aliphatic rings. The number of methoxy groups -OCH3 is 1. The van der Waals surface area contributed by atoms with Crippen molar-refractivity contribution in [3.8, 4) is 5.75 Å². The molecule has 3 aromatic rings. The van der Waals surface area contributed by atoms with Gasteiger partial charge in [0.05, 0.1) is 19.0 Å². The molecule has 0 unspecified atom stereocenters. The highest BCUT2D eigenvalue weighted by atomic mass is 16.5. The van der Waals surface area contributed by atoms with Crippen LogP contribution in [0.3, 0.4) is 0 Å². The summed E-state index contributed by atoms with van der Waals surface area (Å²) in [6.07, 6.45) is 3.67. The predicted molar refractivity (Wildman–Crippen MR) is 77.3 cm³/mol. The second kappa shape index (κ2) is 5.35. The van der Waals surface area contributed by atoms with Crippen molar-refractivity contribution < 1.29 is 4.74 Å². The van der Waals surface area contributed by atoms with Crippen molar-refractivity contribution in [1.82, 2.24) is 24.3 Å². The average Bonchev–Trinajstić information content (AvgIpc) is 2.91. The first-order valence-electron chi connectivity index (χ1n) is 6.55. The monoisotopic (exact) mass is 285 g/mol. The van der Waals surface area contributed by atoms with Gasteiger partial charge in [0.15, 0.2) is 0 Å². The Balaban J connectivity index is 1.98. The number of aromatic nitrogens is 5. The first kappa shape index (κ1) is 13.3. The van der Waals surface area contributed by atoms with Crippen molar-refractivity contribution in [2.24, 2.45) is 7.05 Å². The molecule has 0 N–H and O–H groups in total. The Hall–Kier alpha value is -2.70. The SMILES string of the molecule is COc1cccc2ncn(CCc3ncnn3C)c(=O)c12. The highest BCUT2D eigenvalue weighted by Gasteiger charge is 2.10. The number of hydrogen-bond donors (Lipinski definition) is 0. The van der Waals surface area contributed by atoms with Gasteiger partial charge in [-0.1, -0.05) is 6.07 Å². The van der Waals surface area contributed by atoms with Gasteiger partial charge in [0.1, 0.15) is 23.3 Å². The van der Waals surface area contributed by atoms with E-state index in [-0.39, 0.29) is 5.56 Å². The van der Waals surface area contributed by atoms with Gasteiger partial charge in [-0.2, -0.15) is 5.10 Å². The maximum absolute atomic E-state index is 12.6. The molecule has 1 aromatic carbocycles. The molecule has 0 bridgehead atoms. The Morgan fingerprint density at radius 2 is 2.14 bits per heavy atom. The summed E-state index contributed by atoms with van der Waals surface area (Å²) < 4.78 is 8.52. The smallest absolute Gasteiger partial charge is 0.264 e. The molecule has 0 saturated heterocycles. The van der Waals surface area contributed by atoms with Crippen LogP contribution in [0.1, 0.15) is 5.82 Å². The minimum Gasteiger partial charge on any atom is -0.496 e. The van der Waals surface area contributed by atoms with Crippen LogP contribution in [-0.4, -0.2) is 31.4 Å². The normalized spacial score (nSPS) is 11.0. The Bertz CT molecular complexity index is 837. The number of ether oxygens (including phenoxy) is 1. The van der Waals surface area contributed by atoms with Crippen molar-refractivity contribution in [3.05, 3.63) is 47.0 Å². The van der Waals surface area contributed by atoms with E-state index < -0.39 is 0 Å². The lowest BCUT2D eigenvalue weighted by atomic mass is 10.2. The molecule has 0 aliphatic heterocycles. The van der Waals surface area contributed by atoms with E-state index >= 15 is 0 Å². The van der Waals surface area contributed by atoms with Gasteiger partial charge in [0.25, 0.3) is 5.56 Å². The summed E-state index contributed by atoms with van der Waals surface area (Å²) >= 11 is 0. The van der Waals surface area contributed by atoms with E-state index in [0.29, 0.717) is 29.6 Å². The molecular weight excluding hydrogens is 270 g/mol. The number of fused-ring (bicyclic) bond motifs is 1. The van der Waals surface area contributed by atoms with E-state index in [1.54, 1.807) is 34.8 Å². The molecule has 0 radical (unpaired) electrons. The fourth-order valence-corrected chi connectivity index (χ4v) is 2.27. The molecule has 0 spiro atoms. The van der Waals surface area contributed by atoms with E-state index in [4.69, 9.17) is 4.74 Å².